The lowest BCUT2D eigenvalue weighted by Gasteiger charge is -2.00. The molecule has 0 aliphatic heterocycles. The van der Waals surface area contributed by atoms with Crippen LogP contribution in [0.15, 0.2) is 27.3 Å². The average molecular weight is 228 g/mol. The van der Waals surface area contributed by atoms with Gasteiger partial charge in [0.15, 0.2) is 0 Å². The molecule has 0 unspecified atom stereocenters. The van der Waals surface area contributed by atoms with E-state index in [0.717, 1.165) is 19.9 Å². The number of fused-ring (bicyclic) bond motifs is 1. The van der Waals surface area contributed by atoms with Crippen LogP contribution in [0.4, 0.5) is 0 Å². The van der Waals surface area contributed by atoms with Crippen molar-refractivity contribution in [2.24, 2.45) is 0 Å². The molecule has 0 saturated heterocycles. The van der Waals surface area contributed by atoms with E-state index in [-0.39, 0.29) is 0 Å². The molecule has 0 fully saturated rings. The maximum Gasteiger partial charge on any atom is 0.130 e. The van der Waals surface area contributed by atoms with E-state index in [1.807, 2.05) is 17.7 Å². The fourth-order valence-corrected chi connectivity index (χ4v) is 2.96. The first-order valence-corrected chi connectivity index (χ1v) is 6.24. The molecule has 0 aliphatic carbocycles. The molecule has 0 amide bonds. The zero-order valence-electron chi connectivity index (χ0n) is 6.94. The number of phenols is 1. The third kappa shape index (κ3) is 1.54. The van der Waals surface area contributed by atoms with Crippen LogP contribution in [0, 0.1) is 0 Å². The summed E-state index contributed by atoms with van der Waals surface area (Å²) >= 11 is 7.49. The van der Waals surface area contributed by atoms with Crippen molar-refractivity contribution >= 4 is 45.8 Å². The molecule has 1 N–H and O–H groups in total. The Kier molecular flexibility index (Phi) is 2.45. The Balaban J connectivity index is 2.77. The van der Waals surface area contributed by atoms with Crippen LogP contribution < -0.4 is 0 Å². The molecular formula is C9H8OS3. The largest absolute Gasteiger partial charge is 0.507 e. The number of benzene rings is 1. The summed E-state index contributed by atoms with van der Waals surface area (Å²) in [6, 6.07) is 3.78. The topological polar surface area (TPSA) is 20.2 Å². The number of thiol groups is 1. The molecule has 0 spiro atoms. The molecular weight excluding hydrogens is 220 g/mol. The van der Waals surface area contributed by atoms with Crippen molar-refractivity contribution in [2.45, 2.75) is 9.79 Å². The van der Waals surface area contributed by atoms with Crippen LogP contribution in [0.1, 0.15) is 0 Å². The van der Waals surface area contributed by atoms with E-state index in [4.69, 9.17) is 0 Å². The second-order valence-corrected chi connectivity index (χ2v) is 4.88. The minimum absolute atomic E-state index is 0.357. The van der Waals surface area contributed by atoms with Crippen molar-refractivity contribution in [3.05, 3.63) is 17.5 Å². The molecule has 0 radical (unpaired) electrons. The lowest BCUT2D eigenvalue weighted by atomic mass is 10.2. The van der Waals surface area contributed by atoms with Crippen LogP contribution >= 0.6 is 35.7 Å². The summed E-state index contributed by atoms with van der Waals surface area (Å²) in [5, 5.41) is 12.7. The van der Waals surface area contributed by atoms with Crippen molar-refractivity contribution in [3.63, 3.8) is 0 Å². The SMILES string of the molecule is CSc1cc2c(S)csc2cc1O. The second kappa shape index (κ2) is 3.44. The highest BCUT2D eigenvalue weighted by Crippen LogP contribution is 2.37. The van der Waals surface area contributed by atoms with E-state index < -0.39 is 0 Å². The van der Waals surface area contributed by atoms with E-state index in [0.29, 0.717) is 5.75 Å². The first-order valence-electron chi connectivity index (χ1n) is 3.69. The Bertz CT molecular complexity index is 447. The van der Waals surface area contributed by atoms with Gasteiger partial charge in [-0.05, 0) is 18.4 Å². The lowest BCUT2D eigenvalue weighted by Crippen LogP contribution is -1.72. The summed E-state index contributed by atoms with van der Waals surface area (Å²) in [5.41, 5.74) is 0. The zero-order chi connectivity index (χ0) is 9.42. The van der Waals surface area contributed by atoms with Crippen LogP contribution in [0.25, 0.3) is 10.1 Å². The monoisotopic (exact) mass is 228 g/mol. The van der Waals surface area contributed by atoms with E-state index in [1.165, 1.54) is 0 Å². The van der Waals surface area contributed by atoms with Crippen molar-refractivity contribution < 1.29 is 5.11 Å². The Hall–Kier alpha value is -0.320. The van der Waals surface area contributed by atoms with Crippen molar-refractivity contribution in [3.8, 4) is 5.75 Å². The van der Waals surface area contributed by atoms with Gasteiger partial charge in [-0.25, -0.2) is 0 Å². The summed E-state index contributed by atoms with van der Waals surface area (Å²) < 4.78 is 1.08. The molecule has 1 aromatic heterocycles. The summed E-state index contributed by atoms with van der Waals surface area (Å²) in [6.45, 7) is 0. The highest BCUT2D eigenvalue weighted by atomic mass is 32.2. The molecule has 4 heteroatoms. The number of thioether (sulfide) groups is 1. The fraction of sp³-hybridized carbons (Fsp3) is 0.111. The van der Waals surface area contributed by atoms with Gasteiger partial charge >= 0.3 is 0 Å². The van der Waals surface area contributed by atoms with Crippen molar-refractivity contribution in [1.29, 1.82) is 0 Å². The second-order valence-electron chi connectivity index (χ2n) is 2.64. The van der Waals surface area contributed by atoms with Crippen molar-refractivity contribution in [1.82, 2.24) is 0 Å². The Morgan fingerprint density at radius 3 is 2.92 bits per heavy atom. The molecule has 0 saturated carbocycles. The number of aromatic hydroxyl groups is 1. The van der Waals surface area contributed by atoms with Gasteiger partial charge < -0.3 is 5.11 Å². The van der Waals surface area contributed by atoms with Gasteiger partial charge in [0.25, 0.3) is 0 Å². The quantitative estimate of drug-likeness (QED) is 0.574. The number of hydrogen-bond donors (Lipinski definition) is 2. The highest BCUT2D eigenvalue weighted by molar-refractivity contribution is 7.98. The summed E-state index contributed by atoms with van der Waals surface area (Å²) in [6.07, 6.45) is 1.95. The van der Waals surface area contributed by atoms with Gasteiger partial charge in [0.1, 0.15) is 5.75 Å². The molecule has 2 aromatic rings. The molecule has 0 aliphatic rings. The molecule has 1 aromatic carbocycles. The minimum Gasteiger partial charge on any atom is -0.507 e. The predicted molar refractivity (Wildman–Crippen MR) is 62.5 cm³/mol. The Morgan fingerprint density at radius 2 is 2.23 bits per heavy atom. The first-order chi connectivity index (χ1) is 6.22. The van der Waals surface area contributed by atoms with Crippen LogP contribution in [-0.2, 0) is 0 Å². The van der Waals surface area contributed by atoms with Crippen LogP contribution in [0.3, 0.4) is 0 Å². The van der Waals surface area contributed by atoms with Crippen LogP contribution in [-0.4, -0.2) is 11.4 Å². The van der Waals surface area contributed by atoms with Gasteiger partial charge in [0.2, 0.25) is 0 Å². The average Bonchev–Trinajstić information content (AvgIpc) is 2.46. The van der Waals surface area contributed by atoms with Crippen LogP contribution in [0.2, 0.25) is 0 Å². The molecule has 0 atom stereocenters. The number of phenolic OH excluding ortho intramolecular Hbond substituents is 1. The molecule has 1 heterocycles. The normalized spacial score (nSPS) is 10.9. The van der Waals surface area contributed by atoms with Gasteiger partial charge in [-0.1, -0.05) is 0 Å². The van der Waals surface area contributed by atoms with E-state index >= 15 is 0 Å². The molecule has 2 rings (SSSR count). The summed E-state index contributed by atoms with van der Waals surface area (Å²) in [5.74, 6) is 0.357. The van der Waals surface area contributed by atoms with Gasteiger partial charge in [0, 0.05) is 25.3 Å². The Labute approximate surface area is 90.2 Å². The molecule has 13 heavy (non-hydrogen) atoms. The molecule has 68 valence electrons. The standard InChI is InChI=1S/C9H8OS3/c1-12-9-2-5-7(11)4-13-8(5)3-6(9)10/h2-4,10-11H,1H3. The van der Waals surface area contributed by atoms with Gasteiger partial charge in [0.05, 0.1) is 0 Å². The number of thiophene rings is 1. The predicted octanol–water partition coefficient (Wildman–Crippen LogP) is 3.62. The van der Waals surface area contributed by atoms with E-state index in [1.54, 1.807) is 29.2 Å². The summed E-state index contributed by atoms with van der Waals surface area (Å²) in [7, 11) is 0. The van der Waals surface area contributed by atoms with Crippen LogP contribution in [0.5, 0.6) is 5.75 Å². The third-order valence-electron chi connectivity index (χ3n) is 1.85. The van der Waals surface area contributed by atoms with E-state index in [9.17, 15) is 5.11 Å². The maximum absolute atomic E-state index is 9.58. The van der Waals surface area contributed by atoms with E-state index in [2.05, 4.69) is 12.6 Å². The zero-order valence-corrected chi connectivity index (χ0v) is 9.47. The third-order valence-corrected chi connectivity index (χ3v) is 4.11. The van der Waals surface area contributed by atoms with Crippen molar-refractivity contribution in [2.75, 3.05) is 6.26 Å². The summed E-state index contributed by atoms with van der Waals surface area (Å²) in [4.78, 5) is 1.89. The molecule has 0 bridgehead atoms. The molecule has 1 nitrogen and oxygen atoms in total. The Morgan fingerprint density at radius 1 is 1.46 bits per heavy atom. The maximum atomic E-state index is 9.58. The minimum atomic E-state index is 0.357. The number of rotatable bonds is 1. The number of hydrogen-bond acceptors (Lipinski definition) is 4. The highest BCUT2D eigenvalue weighted by Gasteiger charge is 2.06. The smallest absolute Gasteiger partial charge is 0.130 e. The van der Waals surface area contributed by atoms with Gasteiger partial charge in [-0.2, -0.15) is 0 Å². The first kappa shape index (κ1) is 9.24. The van der Waals surface area contributed by atoms with Gasteiger partial charge in [-0.15, -0.1) is 35.7 Å². The lowest BCUT2D eigenvalue weighted by molar-refractivity contribution is 0.463. The fourth-order valence-electron chi connectivity index (χ4n) is 1.19. The van der Waals surface area contributed by atoms with Gasteiger partial charge in [-0.3, -0.25) is 0 Å².